The second-order valence-corrected chi connectivity index (χ2v) is 9.13. The molecule has 0 aliphatic rings. The Morgan fingerprint density at radius 1 is 1.00 bits per heavy atom. The van der Waals surface area contributed by atoms with Crippen LogP contribution in [0.5, 0.6) is 5.75 Å². The largest absolute Gasteiger partial charge is 0.475 e. The average molecular weight is 429 g/mol. The monoisotopic (exact) mass is 428 g/mol. The summed E-state index contributed by atoms with van der Waals surface area (Å²) in [5, 5.41) is 21.6. The molecule has 0 heterocycles. The molecule has 0 radical (unpaired) electrons. The van der Waals surface area contributed by atoms with Crippen molar-refractivity contribution in [3.05, 3.63) is 59.7 Å². The first-order valence-electron chi connectivity index (χ1n) is 11.2. The van der Waals surface area contributed by atoms with Crippen LogP contribution >= 0.6 is 0 Å². The number of aliphatic hydroxyl groups is 2. The fourth-order valence-electron chi connectivity index (χ4n) is 4.08. The summed E-state index contributed by atoms with van der Waals surface area (Å²) < 4.78 is 6.36. The van der Waals surface area contributed by atoms with Gasteiger partial charge in [-0.25, -0.2) is 4.90 Å². The Hall–Kier alpha value is -2.08. The van der Waals surface area contributed by atoms with E-state index in [1.54, 1.807) is 13.8 Å². The number of aryl methyl sites for hydroxylation is 1. The fourth-order valence-corrected chi connectivity index (χ4v) is 4.08. The molecule has 0 aliphatic carbocycles. The molecule has 0 saturated heterocycles. The molecular formula is C26H40N2O3. The molecule has 2 atom stereocenters. The zero-order valence-electron chi connectivity index (χ0n) is 20.2. The van der Waals surface area contributed by atoms with Gasteiger partial charge >= 0.3 is 0 Å². The summed E-state index contributed by atoms with van der Waals surface area (Å²) in [5.41, 5.74) is 2.13. The fraction of sp³-hybridized carbons (Fsp3) is 0.538. The van der Waals surface area contributed by atoms with Crippen molar-refractivity contribution in [1.82, 2.24) is 4.90 Å². The highest BCUT2D eigenvalue weighted by atomic mass is 16.5. The zero-order valence-corrected chi connectivity index (χ0v) is 20.2. The number of rotatable bonds is 11. The van der Waals surface area contributed by atoms with Crippen LogP contribution in [-0.4, -0.2) is 47.2 Å². The molecule has 0 spiro atoms. The number of anilines is 1. The van der Waals surface area contributed by atoms with Crippen molar-refractivity contribution in [2.24, 2.45) is 0 Å². The first-order valence-corrected chi connectivity index (χ1v) is 11.2. The lowest BCUT2D eigenvalue weighted by Crippen LogP contribution is -2.55. The number of aliphatic hydroxyl groups excluding tert-OH is 1. The highest BCUT2D eigenvalue weighted by Crippen LogP contribution is 2.31. The van der Waals surface area contributed by atoms with Crippen LogP contribution in [0, 0.1) is 0 Å². The molecule has 0 amide bonds. The molecule has 2 aromatic rings. The van der Waals surface area contributed by atoms with Gasteiger partial charge in [-0.1, -0.05) is 37.3 Å². The maximum atomic E-state index is 10.9. The van der Waals surface area contributed by atoms with Crippen LogP contribution in [0.1, 0.15) is 64.7 Å². The third kappa shape index (κ3) is 6.96. The van der Waals surface area contributed by atoms with Gasteiger partial charge in [-0.05, 0) is 70.7 Å². The molecule has 31 heavy (non-hydrogen) atoms. The van der Waals surface area contributed by atoms with Gasteiger partial charge in [0.05, 0.1) is 6.10 Å². The van der Waals surface area contributed by atoms with Crippen molar-refractivity contribution < 1.29 is 14.9 Å². The van der Waals surface area contributed by atoms with E-state index < -0.39 is 11.8 Å². The minimum absolute atomic E-state index is 0.104. The lowest BCUT2D eigenvalue weighted by Gasteiger charge is -2.42. The Morgan fingerprint density at radius 2 is 1.61 bits per heavy atom. The van der Waals surface area contributed by atoms with E-state index >= 15 is 0 Å². The van der Waals surface area contributed by atoms with Crippen LogP contribution in [0.25, 0.3) is 0 Å². The smallest absolute Gasteiger partial charge is 0.154 e. The van der Waals surface area contributed by atoms with Crippen molar-refractivity contribution in [3.63, 3.8) is 0 Å². The summed E-state index contributed by atoms with van der Waals surface area (Å²) in [4.78, 5) is 4.03. The number of hydrogen-bond acceptors (Lipinski definition) is 5. The first kappa shape index (κ1) is 25.2. The first-order chi connectivity index (χ1) is 14.5. The molecule has 0 aliphatic heterocycles. The SMILES string of the molecule is CCC(Oc1ccccc1C(O)CCc1ccc(N(C)C)cc1)N(C(C)C)C(C)(C)O. The Labute approximate surface area is 188 Å². The van der Waals surface area contributed by atoms with Crippen molar-refractivity contribution in [2.45, 2.75) is 78.0 Å². The number of para-hydroxylation sites is 1. The second-order valence-electron chi connectivity index (χ2n) is 9.13. The molecule has 172 valence electrons. The van der Waals surface area contributed by atoms with Crippen LogP contribution in [-0.2, 0) is 6.42 Å². The number of benzene rings is 2. The molecule has 2 aromatic carbocycles. The van der Waals surface area contributed by atoms with E-state index in [1.165, 1.54) is 5.56 Å². The molecule has 0 bridgehead atoms. The highest BCUT2D eigenvalue weighted by Gasteiger charge is 2.33. The number of ether oxygens (including phenoxy) is 1. The third-order valence-electron chi connectivity index (χ3n) is 5.55. The van der Waals surface area contributed by atoms with Gasteiger partial charge in [0.25, 0.3) is 0 Å². The van der Waals surface area contributed by atoms with E-state index in [0.717, 1.165) is 17.7 Å². The van der Waals surface area contributed by atoms with Crippen molar-refractivity contribution in [1.29, 1.82) is 0 Å². The van der Waals surface area contributed by atoms with Gasteiger partial charge < -0.3 is 19.8 Å². The molecule has 5 nitrogen and oxygen atoms in total. The summed E-state index contributed by atoms with van der Waals surface area (Å²) in [5.74, 6) is 0.666. The van der Waals surface area contributed by atoms with Crippen LogP contribution in [0.2, 0.25) is 0 Å². The molecule has 2 unspecified atom stereocenters. The lowest BCUT2D eigenvalue weighted by atomic mass is 10.0. The highest BCUT2D eigenvalue weighted by molar-refractivity contribution is 5.46. The van der Waals surface area contributed by atoms with Gasteiger partial charge in [-0.15, -0.1) is 0 Å². The number of hydrogen-bond donors (Lipinski definition) is 2. The van der Waals surface area contributed by atoms with Gasteiger partial charge in [0.1, 0.15) is 11.5 Å². The van der Waals surface area contributed by atoms with E-state index in [-0.39, 0.29) is 12.3 Å². The van der Waals surface area contributed by atoms with E-state index in [0.29, 0.717) is 18.6 Å². The Balaban J connectivity index is 2.14. The van der Waals surface area contributed by atoms with Gasteiger partial charge in [-0.2, -0.15) is 0 Å². The van der Waals surface area contributed by atoms with Gasteiger partial charge in [0.2, 0.25) is 0 Å². The Kier molecular flexibility index (Phi) is 8.92. The molecule has 2 N–H and O–H groups in total. The Bertz CT molecular complexity index is 797. The maximum absolute atomic E-state index is 10.9. The van der Waals surface area contributed by atoms with E-state index in [4.69, 9.17) is 4.74 Å². The van der Waals surface area contributed by atoms with Crippen molar-refractivity contribution in [3.8, 4) is 5.75 Å². The minimum Gasteiger partial charge on any atom is -0.475 e. The van der Waals surface area contributed by atoms with Gasteiger partial charge in [0.15, 0.2) is 6.23 Å². The van der Waals surface area contributed by atoms with Gasteiger partial charge in [0, 0.05) is 31.4 Å². The quantitative estimate of drug-likeness (QED) is 0.495. The Morgan fingerprint density at radius 3 is 2.13 bits per heavy atom. The summed E-state index contributed by atoms with van der Waals surface area (Å²) in [7, 11) is 4.05. The zero-order chi connectivity index (χ0) is 23.2. The molecule has 0 saturated carbocycles. The average Bonchev–Trinajstić information content (AvgIpc) is 2.70. The van der Waals surface area contributed by atoms with E-state index in [2.05, 4.69) is 29.2 Å². The third-order valence-corrected chi connectivity index (χ3v) is 5.55. The van der Waals surface area contributed by atoms with E-state index in [9.17, 15) is 10.2 Å². The standard InChI is InChI=1S/C26H40N2O3/c1-8-25(28(19(2)3)26(4,5)30)31-24-12-10-9-11-22(24)23(29)18-15-20-13-16-21(17-14-20)27(6)7/h9-14,16-17,19,23,25,29-30H,8,15,18H2,1-7H3. The minimum atomic E-state index is -1.01. The molecule has 0 aromatic heterocycles. The normalized spacial score (nSPS) is 14.0. The summed E-state index contributed by atoms with van der Waals surface area (Å²) in [6, 6.07) is 16.2. The van der Waals surface area contributed by atoms with Crippen LogP contribution in [0.3, 0.4) is 0 Å². The number of nitrogens with zero attached hydrogens (tertiary/aromatic N) is 2. The topological polar surface area (TPSA) is 56.2 Å². The maximum Gasteiger partial charge on any atom is 0.154 e. The van der Waals surface area contributed by atoms with Gasteiger partial charge in [-0.3, -0.25) is 0 Å². The summed E-state index contributed by atoms with van der Waals surface area (Å²) in [6.45, 7) is 9.70. The molecule has 0 fully saturated rings. The second kappa shape index (κ2) is 11.0. The van der Waals surface area contributed by atoms with Crippen molar-refractivity contribution >= 4 is 5.69 Å². The van der Waals surface area contributed by atoms with Crippen molar-refractivity contribution in [2.75, 3.05) is 19.0 Å². The predicted molar refractivity (Wildman–Crippen MR) is 128 cm³/mol. The molecular weight excluding hydrogens is 388 g/mol. The van der Waals surface area contributed by atoms with E-state index in [1.807, 2.05) is 64.0 Å². The summed E-state index contributed by atoms with van der Waals surface area (Å²) in [6.07, 6.45) is 1.18. The van der Waals surface area contributed by atoms with Crippen LogP contribution < -0.4 is 9.64 Å². The molecule has 2 rings (SSSR count). The molecule has 5 heteroatoms. The summed E-state index contributed by atoms with van der Waals surface area (Å²) >= 11 is 0. The lowest BCUT2D eigenvalue weighted by molar-refractivity contribution is -0.163. The van der Waals surface area contributed by atoms with Crippen LogP contribution in [0.15, 0.2) is 48.5 Å². The predicted octanol–water partition coefficient (Wildman–Crippen LogP) is 4.97. The van der Waals surface area contributed by atoms with Crippen LogP contribution in [0.4, 0.5) is 5.69 Å².